The van der Waals surface area contributed by atoms with Crippen molar-refractivity contribution in [3.63, 3.8) is 0 Å². The van der Waals surface area contributed by atoms with Gasteiger partial charge >= 0.3 is 0 Å². The van der Waals surface area contributed by atoms with E-state index in [-0.39, 0.29) is 5.78 Å². The lowest BCUT2D eigenvalue weighted by molar-refractivity contribution is -0.116. The van der Waals surface area contributed by atoms with Crippen LogP contribution in [0.25, 0.3) is 0 Å². The van der Waals surface area contributed by atoms with E-state index in [9.17, 15) is 4.79 Å². The summed E-state index contributed by atoms with van der Waals surface area (Å²) in [6, 6.07) is 0. The van der Waals surface area contributed by atoms with Gasteiger partial charge in [-0.2, -0.15) is 0 Å². The van der Waals surface area contributed by atoms with Gasteiger partial charge in [0.15, 0.2) is 0 Å². The van der Waals surface area contributed by atoms with Crippen molar-refractivity contribution in [3.8, 4) is 0 Å². The average Bonchev–Trinajstić information content (AvgIpc) is 2.76. The molecule has 0 aromatic carbocycles. The Balaban J connectivity index is 1.78. The number of rotatable bonds is 4. The average molecular weight is 308 g/mol. The number of carbonyl (C=O) groups excluding carboxylic acids is 1. The monoisotopic (exact) mass is 308 g/mol. The van der Waals surface area contributed by atoms with Crippen LogP contribution in [0.4, 0.5) is 0 Å². The molecule has 1 fully saturated rings. The molecule has 0 radical (unpaired) electrons. The van der Waals surface area contributed by atoms with E-state index in [1.807, 2.05) is 11.8 Å². The molecule has 3 nitrogen and oxygen atoms in total. The molecule has 2 aliphatic rings. The van der Waals surface area contributed by atoms with Gasteiger partial charge in [0.05, 0.1) is 0 Å². The first-order valence-corrected chi connectivity index (χ1v) is 9.15. The van der Waals surface area contributed by atoms with Crippen LogP contribution in [0, 0.1) is 5.92 Å². The lowest BCUT2D eigenvalue weighted by Crippen LogP contribution is -2.21. The van der Waals surface area contributed by atoms with Gasteiger partial charge in [0.2, 0.25) is 0 Å². The molecule has 1 aliphatic heterocycles. The number of Topliss-reactive ketones (excluding diaryl/α,β-unsaturated/α-hetero) is 1. The van der Waals surface area contributed by atoms with E-state index in [4.69, 9.17) is 0 Å². The number of nitrogens with zero attached hydrogens (tertiary/aromatic N) is 2. The van der Waals surface area contributed by atoms with Crippen LogP contribution in [0.2, 0.25) is 0 Å². The van der Waals surface area contributed by atoms with E-state index < -0.39 is 0 Å². The lowest BCUT2D eigenvalue weighted by atomic mass is 9.80. The van der Waals surface area contributed by atoms with Gasteiger partial charge in [0, 0.05) is 28.9 Å². The minimum atomic E-state index is 0.252. The van der Waals surface area contributed by atoms with Gasteiger partial charge in [-0.25, -0.2) is 9.97 Å². The number of hydrogen-bond donors (Lipinski definition) is 0. The summed E-state index contributed by atoms with van der Waals surface area (Å²) in [5, 5.41) is 3.00. The number of aromatic nitrogens is 2. The van der Waals surface area contributed by atoms with Crippen LogP contribution in [-0.2, 0) is 4.79 Å². The van der Waals surface area contributed by atoms with Crippen LogP contribution in [0.1, 0.15) is 51.0 Å². The van der Waals surface area contributed by atoms with E-state index in [0.717, 1.165) is 16.7 Å². The number of carbonyl (C=O) groups is 1. The summed E-state index contributed by atoms with van der Waals surface area (Å²) < 4.78 is 0. The van der Waals surface area contributed by atoms with Crippen LogP contribution in [0.15, 0.2) is 16.4 Å². The molecule has 2 heterocycles. The molecule has 3 rings (SSSR count). The third-order valence-electron chi connectivity index (χ3n) is 4.19. The van der Waals surface area contributed by atoms with Gasteiger partial charge in [-0.15, -0.1) is 23.5 Å². The molecule has 3 unspecified atom stereocenters. The maximum Gasteiger partial charge on any atom is 0.130 e. The largest absolute Gasteiger partial charge is 0.300 e. The smallest absolute Gasteiger partial charge is 0.130 e. The molecule has 0 bridgehead atoms. The van der Waals surface area contributed by atoms with Crippen LogP contribution in [0.5, 0.6) is 0 Å². The van der Waals surface area contributed by atoms with Crippen molar-refractivity contribution < 1.29 is 4.79 Å². The van der Waals surface area contributed by atoms with Crippen molar-refractivity contribution in [3.05, 3.63) is 11.9 Å². The highest BCUT2D eigenvalue weighted by molar-refractivity contribution is 8.00. The van der Waals surface area contributed by atoms with Crippen LogP contribution >= 0.6 is 23.5 Å². The normalized spacial score (nSPS) is 28.0. The molecule has 0 spiro atoms. The maximum atomic E-state index is 11.1. The number of fused-ring (bicyclic) bond motifs is 3. The van der Waals surface area contributed by atoms with Crippen molar-refractivity contribution in [1.29, 1.82) is 0 Å². The molecule has 3 atom stereocenters. The highest BCUT2D eigenvalue weighted by atomic mass is 32.2. The van der Waals surface area contributed by atoms with Gasteiger partial charge < -0.3 is 0 Å². The highest BCUT2D eigenvalue weighted by Gasteiger charge is 2.40. The molecular weight excluding hydrogens is 288 g/mol. The quantitative estimate of drug-likeness (QED) is 0.623. The first-order valence-electron chi connectivity index (χ1n) is 7.29. The van der Waals surface area contributed by atoms with Gasteiger partial charge in [0.1, 0.15) is 22.2 Å². The van der Waals surface area contributed by atoms with Crippen LogP contribution in [-0.4, -0.2) is 26.8 Å². The fourth-order valence-electron chi connectivity index (χ4n) is 3.11. The second-order valence-electron chi connectivity index (χ2n) is 5.88. The maximum absolute atomic E-state index is 11.1. The van der Waals surface area contributed by atoms with Crippen molar-refractivity contribution in [2.24, 2.45) is 5.92 Å². The van der Waals surface area contributed by atoms with Crippen molar-refractivity contribution in [1.82, 2.24) is 9.97 Å². The molecular formula is C15H20N2OS2. The summed E-state index contributed by atoms with van der Waals surface area (Å²) in [4.78, 5) is 20.0. The third kappa shape index (κ3) is 2.89. The van der Waals surface area contributed by atoms with Crippen molar-refractivity contribution in [2.75, 3.05) is 5.75 Å². The zero-order chi connectivity index (χ0) is 14.1. The van der Waals surface area contributed by atoms with Crippen molar-refractivity contribution in [2.45, 2.75) is 60.8 Å². The Kier molecular flexibility index (Phi) is 4.36. The number of hydrogen-bond acceptors (Lipinski definition) is 5. The molecule has 1 aliphatic carbocycles. The molecule has 1 aromatic heterocycles. The summed E-state index contributed by atoms with van der Waals surface area (Å²) in [5.41, 5.74) is 1.38. The zero-order valence-electron chi connectivity index (χ0n) is 12.0. The van der Waals surface area contributed by atoms with Gasteiger partial charge in [-0.05, 0) is 25.7 Å². The molecule has 0 saturated heterocycles. The van der Waals surface area contributed by atoms with E-state index in [1.165, 1.54) is 29.9 Å². The Labute approximate surface area is 128 Å². The Morgan fingerprint density at radius 2 is 2.30 bits per heavy atom. The van der Waals surface area contributed by atoms with Gasteiger partial charge in [-0.3, -0.25) is 4.79 Å². The summed E-state index contributed by atoms with van der Waals surface area (Å²) in [6.07, 6.45) is 6.18. The molecule has 0 N–H and O–H groups in total. The second kappa shape index (κ2) is 6.06. The summed E-state index contributed by atoms with van der Waals surface area (Å²) in [7, 11) is 0. The standard InChI is InChI=1S/C15H20N2OS2/c1-9-3-4-11-12(7-9)20-15-13(11)14(16-8-17-15)19-6-5-10(2)18/h8-9,11-12H,3-7H2,1-2H3. The summed E-state index contributed by atoms with van der Waals surface area (Å²) in [6.45, 7) is 4.01. The third-order valence-corrected chi connectivity index (χ3v) is 6.57. The Hall–Kier alpha value is -0.550. The topological polar surface area (TPSA) is 42.9 Å². The first-order chi connectivity index (χ1) is 9.65. The van der Waals surface area contributed by atoms with E-state index in [1.54, 1.807) is 25.0 Å². The Bertz CT molecular complexity index is 521. The van der Waals surface area contributed by atoms with Crippen LogP contribution < -0.4 is 0 Å². The van der Waals surface area contributed by atoms with Gasteiger partial charge in [-0.1, -0.05) is 13.3 Å². The molecule has 0 amide bonds. The number of thioether (sulfide) groups is 2. The first kappa shape index (κ1) is 14.4. The van der Waals surface area contributed by atoms with Crippen molar-refractivity contribution >= 4 is 29.3 Å². The second-order valence-corrected chi connectivity index (χ2v) is 8.19. The fourth-order valence-corrected chi connectivity index (χ4v) is 5.92. The summed E-state index contributed by atoms with van der Waals surface area (Å²) >= 11 is 3.67. The highest BCUT2D eigenvalue weighted by Crippen LogP contribution is 2.54. The Morgan fingerprint density at radius 1 is 1.45 bits per heavy atom. The fraction of sp³-hybridized carbons (Fsp3) is 0.667. The van der Waals surface area contributed by atoms with E-state index in [2.05, 4.69) is 16.9 Å². The molecule has 108 valence electrons. The molecule has 1 saturated carbocycles. The molecule has 5 heteroatoms. The summed E-state index contributed by atoms with van der Waals surface area (Å²) in [5.74, 6) is 2.55. The van der Waals surface area contributed by atoms with Gasteiger partial charge in [0.25, 0.3) is 0 Å². The predicted molar refractivity (Wildman–Crippen MR) is 83.5 cm³/mol. The molecule has 20 heavy (non-hydrogen) atoms. The SMILES string of the molecule is CC(=O)CCSc1ncnc2c1C1CCC(C)CC1S2. The minimum absolute atomic E-state index is 0.252. The Morgan fingerprint density at radius 3 is 3.10 bits per heavy atom. The minimum Gasteiger partial charge on any atom is -0.300 e. The zero-order valence-corrected chi connectivity index (χ0v) is 13.6. The molecule has 1 aromatic rings. The number of ketones is 1. The van der Waals surface area contributed by atoms with E-state index >= 15 is 0 Å². The van der Waals surface area contributed by atoms with E-state index in [0.29, 0.717) is 17.6 Å². The van der Waals surface area contributed by atoms with Crippen LogP contribution in [0.3, 0.4) is 0 Å². The lowest BCUT2D eigenvalue weighted by Gasteiger charge is -2.29. The predicted octanol–water partition coefficient (Wildman–Crippen LogP) is 3.93.